The van der Waals surface area contributed by atoms with Gasteiger partial charge in [-0.1, -0.05) is 12.1 Å². The van der Waals surface area contributed by atoms with Crippen LogP contribution in [0.25, 0.3) is 0 Å². The lowest BCUT2D eigenvalue weighted by molar-refractivity contribution is 0.227. The summed E-state index contributed by atoms with van der Waals surface area (Å²) in [6.07, 6.45) is 4.78. The van der Waals surface area contributed by atoms with E-state index in [9.17, 15) is 8.78 Å². The zero-order valence-corrected chi connectivity index (χ0v) is 11.0. The largest absolute Gasteiger partial charge is 0.313 e. The van der Waals surface area contributed by atoms with Gasteiger partial charge >= 0.3 is 0 Å². The van der Waals surface area contributed by atoms with Gasteiger partial charge in [-0.25, -0.2) is 8.78 Å². The second-order valence-corrected chi connectivity index (χ2v) is 5.67. The predicted octanol–water partition coefficient (Wildman–Crippen LogP) is 2.68. The summed E-state index contributed by atoms with van der Waals surface area (Å²) in [6, 6.07) is 5.53. The molecule has 4 heteroatoms. The monoisotopic (exact) mass is 266 g/mol. The van der Waals surface area contributed by atoms with Crippen LogP contribution in [0.2, 0.25) is 0 Å². The van der Waals surface area contributed by atoms with Crippen molar-refractivity contribution in [2.45, 2.75) is 44.3 Å². The predicted molar refractivity (Wildman–Crippen MR) is 70.8 cm³/mol. The molecule has 1 saturated carbocycles. The second kappa shape index (κ2) is 5.55. The van der Waals surface area contributed by atoms with E-state index >= 15 is 0 Å². The minimum absolute atomic E-state index is 0.477. The van der Waals surface area contributed by atoms with Crippen molar-refractivity contribution in [2.75, 3.05) is 13.1 Å². The third-order valence-corrected chi connectivity index (χ3v) is 4.09. The number of benzene rings is 1. The van der Waals surface area contributed by atoms with Gasteiger partial charge in [0.05, 0.1) is 0 Å². The lowest BCUT2D eigenvalue weighted by Crippen LogP contribution is -2.38. The zero-order chi connectivity index (χ0) is 13.2. The molecule has 0 amide bonds. The number of halogens is 2. The third-order valence-electron chi connectivity index (χ3n) is 4.09. The van der Waals surface area contributed by atoms with Crippen LogP contribution in [-0.2, 0) is 6.54 Å². The molecule has 1 N–H and O–H groups in total. The highest BCUT2D eigenvalue weighted by atomic mass is 19.2. The number of nitrogens with zero attached hydrogens (tertiary/aromatic N) is 1. The first kappa shape index (κ1) is 13.0. The molecular formula is C15H20F2N2. The Morgan fingerprint density at radius 2 is 2.05 bits per heavy atom. The molecule has 2 fully saturated rings. The minimum atomic E-state index is -0.743. The summed E-state index contributed by atoms with van der Waals surface area (Å²) in [6.45, 7) is 2.55. The van der Waals surface area contributed by atoms with E-state index in [4.69, 9.17) is 0 Å². The number of hydrogen-bond acceptors (Lipinski definition) is 2. The van der Waals surface area contributed by atoms with E-state index in [1.165, 1.54) is 31.7 Å². The Balaban J connectivity index is 1.68. The van der Waals surface area contributed by atoms with Crippen LogP contribution < -0.4 is 5.32 Å². The summed E-state index contributed by atoms with van der Waals surface area (Å²) in [7, 11) is 0. The van der Waals surface area contributed by atoms with E-state index in [1.54, 1.807) is 12.1 Å². The van der Waals surface area contributed by atoms with Crippen molar-refractivity contribution in [3.05, 3.63) is 35.4 Å². The molecule has 1 aliphatic heterocycles. The number of hydrogen-bond donors (Lipinski definition) is 1. The zero-order valence-electron chi connectivity index (χ0n) is 11.0. The smallest absolute Gasteiger partial charge is 0.163 e. The van der Waals surface area contributed by atoms with E-state index in [1.807, 2.05) is 0 Å². The second-order valence-electron chi connectivity index (χ2n) is 5.67. The molecule has 2 aliphatic rings. The van der Waals surface area contributed by atoms with Crippen molar-refractivity contribution in [2.24, 2.45) is 0 Å². The highest BCUT2D eigenvalue weighted by Crippen LogP contribution is 2.29. The molecule has 1 atom stereocenters. The van der Waals surface area contributed by atoms with E-state index in [0.29, 0.717) is 24.2 Å². The van der Waals surface area contributed by atoms with Gasteiger partial charge in [0.15, 0.2) is 11.6 Å². The van der Waals surface area contributed by atoms with Crippen LogP contribution in [0.3, 0.4) is 0 Å². The fourth-order valence-corrected chi connectivity index (χ4v) is 2.87. The van der Waals surface area contributed by atoms with Crippen molar-refractivity contribution >= 4 is 0 Å². The van der Waals surface area contributed by atoms with Gasteiger partial charge in [-0.15, -0.1) is 0 Å². The first-order chi connectivity index (χ1) is 9.24. The van der Waals surface area contributed by atoms with Gasteiger partial charge in [0.2, 0.25) is 0 Å². The summed E-state index contributed by atoms with van der Waals surface area (Å²) in [5.74, 6) is -1.43. The van der Waals surface area contributed by atoms with Gasteiger partial charge in [-0.3, -0.25) is 4.90 Å². The van der Waals surface area contributed by atoms with Crippen LogP contribution in [-0.4, -0.2) is 30.1 Å². The van der Waals surface area contributed by atoms with Gasteiger partial charge in [-0.05, 0) is 38.3 Å². The van der Waals surface area contributed by atoms with Gasteiger partial charge in [-0.2, -0.15) is 0 Å². The minimum Gasteiger partial charge on any atom is -0.313 e. The molecule has 1 unspecified atom stereocenters. The van der Waals surface area contributed by atoms with Crippen molar-refractivity contribution in [3.63, 3.8) is 0 Å². The molecule has 19 heavy (non-hydrogen) atoms. The molecule has 0 aromatic heterocycles. The quantitative estimate of drug-likeness (QED) is 0.881. The van der Waals surface area contributed by atoms with E-state index < -0.39 is 11.6 Å². The molecule has 1 aliphatic carbocycles. The van der Waals surface area contributed by atoms with Crippen LogP contribution in [0.1, 0.15) is 31.2 Å². The maximum absolute atomic E-state index is 13.7. The molecule has 0 bridgehead atoms. The van der Waals surface area contributed by atoms with Crippen molar-refractivity contribution < 1.29 is 8.78 Å². The molecule has 3 rings (SSSR count). The summed E-state index contributed by atoms with van der Waals surface area (Å²) < 4.78 is 27.0. The maximum Gasteiger partial charge on any atom is 0.163 e. The first-order valence-corrected chi connectivity index (χ1v) is 7.14. The Hall–Kier alpha value is -1.00. The van der Waals surface area contributed by atoms with Crippen LogP contribution in [0.15, 0.2) is 18.2 Å². The standard InChI is InChI=1S/C15H20F2N2/c16-14-5-1-3-11(15(14)17)9-19(13-6-7-13)10-12-4-2-8-18-12/h1,3,5,12-13,18H,2,4,6-10H2. The molecule has 0 spiro atoms. The lowest BCUT2D eigenvalue weighted by atomic mass is 10.1. The van der Waals surface area contributed by atoms with Gasteiger partial charge in [0.25, 0.3) is 0 Å². The van der Waals surface area contributed by atoms with Crippen LogP contribution in [0.5, 0.6) is 0 Å². The Morgan fingerprint density at radius 1 is 1.21 bits per heavy atom. The molecule has 104 valence electrons. The molecular weight excluding hydrogens is 246 g/mol. The third kappa shape index (κ3) is 3.12. The van der Waals surface area contributed by atoms with Crippen molar-refractivity contribution in [1.29, 1.82) is 0 Å². The van der Waals surface area contributed by atoms with E-state index in [-0.39, 0.29) is 0 Å². The Labute approximate surface area is 112 Å². The van der Waals surface area contributed by atoms with E-state index in [0.717, 1.165) is 13.1 Å². The normalized spacial score (nSPS) is 23.2. The highest BCUT2D eigenvalue weighted by Gasteiger charge is 2.31. The maximum atomic E-state index is 13.7. The number of rotatable bonds is 5. The van der Waals surface area contributed by atoms with Crippen LogP contribution in [0.4, 0.5) is 8.78 Å². The Bertz CT molecular complexity index is 440. The number of nitrogens with one attached hydrogen (secondary N) is 1. The van der Waals surface area contributed by atoms with Crippen LogP contribution >= 0.6 is 0 Å². The molecule has 2 nitrogen and oxygen atoms in total. The van der Waals surface area contributed by atoms with Gasteiger partial charge in [0, 0.05) is 30.7 Å². The molecule has 1 heterocycles. The fraction of sp³-hybridized carbons (Fsp3) is 0.600. The van der Waals surface area contributed by atoms with Gasteiger partial charge in [0.1, 0.15) is 0 Å². The average molecular weight is 266 g/mol. The summed E-state index contributed by atoms with van der Waals surface area (Å²) in [4.78, 5) is 2.31. The SMILES string of the molecule is Fc1cccc(CN(CC2CCCN2)C2CC2)c1F. The molecule has 0 radical (unpaired) electrons. The summed E-state index contributed by atoms with van der Waals surface area (Å²) in [5.41, 5.74) is 0.477. The van der Waals surface area contributed by atoms with Crippen molar-refractivity contribution in [3.8, 4) is 0 Å². The Kier molecular flexibility index (Phi) is 3.80. The highest BCUT2D eigenvalue weighted by molar-refractivity contribution is 5.19. The summed E-state index contributed by atoms with van der Waals surface area (Å²) in [5, 5.41) is 3.47. The summed E-state index contributed by atoms with van der Waals surface area (Å²) >= 11 is 0. The fourth-order valence-electron chi connectivity index (χ4n) is 2.87. The van der Waals surface area contributed by atoms with E-state index in [2.05, 4.69) is 10.2 Å². The molecule has 1 aromatic rings. The van der Waals surface area contributed by atoms with Gasteiger partial charge < -0.3 is 5.32 Å². The molecule has 1 aromatic carbocycles. The topological polar surface area (TPSA) is 15.3 Å². The lowest BCUT2D eigenvalue weighted by Gasteiger charge is -2.25. The Morgan fingerprint density at radius 3 is 2.74 bits per heavy atom. The molecule has 1 saturated heterocycles. The average Bonchev–Trinajstić information content (AvgIpc) is 3.13. The van der Waals surface area contributed by atoms with Crippen LogP contribution in [0, 0.1) is 11.6 Å². The van der Waals surface area contributed by atoms with Crippen molar-refractivity contribution in [1.82, 2.24) is 10.2 Å². The first-order valence-electron chi connectivity index (χ1n) is 7.14.